The zero-order valence-electron chi connectivity index (χ0n) is 19.6. The number of carbonyl (C=O) groups excluding carboxylic acids is 1. The number of benzene rings is 2. The van der Waals surface area contributed by atoms with Crippen LogP contribution in [0, 0.1) is 0 Å². The summed E-state index contributed by atoms with van der Waals surface area (Å²) in [5.74, 6) is -0.671. The molecule has 2 heterocycles. The van der Waals surface area contributed by atoms with Gasteiger partial charge in [-0.1, -0.05) is 12.1 Å². The lowest BCUT2D eigenvalue weighted by Gasteiger charge is -2.39. The smallest absolute Gasteiger partial charge is 0.416 e. The summed E-state index contributed by atoms with van der Waals surface area (Å²) < 4.78 is 82.8. The first-order chi connectivity index (χ1) is 17.0. The number of ether oxygens (including phenoxy) is 3. The average molecular weight is 527 g/mol. The van der Waals surface area contributed by atoms with Crippen molar-refractivity contribution in [1.29, 1.82) is 0 Å². The van der Waals surface area contributed by atoms with Gasteiger partial charge in [0.1, 0.15) is 5.75 Å². The van der Waals surface area contributed by atoms with Crippen LogP contribution in [0.3, 0.4) is 0 Å². The second kappa shape index (κ2) is 9.75. The minimum atomic E-state index is -4.57. The molecule has 2 aromatic carbocycles. The summed E-state index contributed by atoms with van der Waals surface area (Å²) in [5.41, 5.74) is 0.254. The van der Waals surface area contributed by atoms with Gasteiger partial charge in [0.2, 0.25) is 15.9 Å². The standard InChI is InChI=1S/C24H25F3N2O6S/c1-33-13-23(14-34-2)12-15(17-7-6-16(24(25,26)27)11-21(17)35-23)10-22(30)28-19-4-3-5-20-18(19)8-9-36(31,32)29-20/h3-7,10-11,29H,8-9,12-14H2,1-2H3,(H,28,30). The number of sulfonamides is 1. The van der Waals surface area contributed by atoms with Crippen molar-refractivity contribution in [2.75, 3.05) is 43.2 Å². The van der Waals surface area contributed by atoms with E-state index >= 15 is 0 Å². The lowest BCUT2D eigenvalue weighted by atomic mass is 9.86. The van der Waals surface area contributed by atoms with Gasteiger partial charge in [-0.15, -0.1) is 0 Å². The van der Waals surface area contributed by atoms with Gasteiger partial charge in [-0.25, -0.2) is 8.42 Å². The molecule has 2 aromatic rings. The van der Waals surface area contributed by atoms with Crippen molar-refractivity contribution in [3.8, 4) is 5.75 Å². The van der Waals surface area contributed by atoms with Gasteiger partial charge in [-0.3, -0.25) is 9.52 Å². The normalized spacial score (nSPS) is 19.0. The van der Waals surface area contributed by atoms with E-state index in [1.165, 1.54) is 26.4 Å². The minimum Gasteiger partial charge on any atom is -0.481 e. The molecule has 194 valence electrons. The van der Waals surface area contributed by atoms with Crippen molar-refractivity contribution in [2.45, 2.75) is 24.6 Å². The minimum absolute atomic E-state index is 0.0157. The second-order valence-electron chi connectivity index (χ2n) is 8.70. The number of amides is 1. The fraction of sp³-hybridized carbons (Fsp3) is 0.375. The Morgan fingerprint density at radius 2 is 1.92 bits per heavy atom. The number of hydrogen-bond acceptors (Lipinski definition) is 6. The molecule has 0 fully saturated rings. The van der Waals surface area contributed by atoms with Gasteiger partial charge in [0.15, 0.2) is 5.60 Å². The first kappa shape index (κ1) is 26.0. The summed E-state index contributed by atoms with van der Waals surface area (Å²) >= 11 is 0. The van der Waals surface area contributed by atoms with E-state index in [1.807, 2.05) is 0 Å². The van der Waals surface area contributed by atoms with Crippen LogP contribution in [0.1, 0.15) is 23.1 Å². The van der Waals surface area contributed by atoms with Crippen molar-refractivity contribution in [1.82, 2.24) is 0 Å². The molecular weight excluding hydrogens is 501 g/mol. The molecule has 0 saturated heterocycles. The molecule has 4 rings (SSSR count). The summed E-state index contributed by atoms with van der Waals surface area (Å²) in [4.78, 5) is 13.0. The number of halogens is 3. The Morgan fingerprint density at radius 3 is 2.58 bits per heavy atom. The monoisotopic (exact) mass is 526 g/mol. The highest BCUT2D eigenvalue weighted by molar-refractivity contribution is 7.92. The predicted molar refractivity (Wildman–Crippen MR) is 127 cm³/mol. The third-order valence-electron chi connectivity index (χ3n) is 5.93. The molecule has 2 aliphatic heterocycles. The van der Waals surface area contributed by atoms with Gasteiger partial charge in [0, 0.05) is 43.5 Å². The lowest BCUT2D eigenvalue weighted by molar-refractivity contribution is -0.138. The third kappa shape index (κ3) is 5.50. The Bertz CT molecular complexity index is 1300. The topological polar surface area (TPSA) is 103 Å². The molecule has 0 aromatic heterocycles. The zero-order valence-corrected chi connectivity index (χ0v) is 20.4. The van der Waals surface area contributed by atoms with Crippen LogP contribution in [0.15, 0.2) is 42.5 Å². The maximum Gasteiger partial charge on any atom is 0.416 e. The number of methoxy groups -OCH3 is 2. The Labute approximate surface area is 206 Å². The first-order valence-corrected chi connectivity index (χ1v) is 12.6. The SMILES string of the molecule is COCC1(COC)CC(=CC(=O)Nc2cccc3c2CCS(=O)(=O)N3)c2ccc(C(F)(F)F)cc2O1. The highest BCUT2D eigenvalue weighted by Gasteiger charge is 2.41. The number of fused-ring (bicyclic) bond motifs is 2. The number of rotatable bonds is 6. The average Bonchev–Trinajstić information content (AvgIpc) is 2.77. The van der Waals surface area contributed by atoms with Crippen LogP contribution in [-0.4, -0.2) is 53.1 Å². The summed E-state index contributed by atoms with van der Waals surface area (Å²) in [6, 6.07) is 7.99. The van der Waals surface area contributed by atoms with E-state index in [4.69, 9.17) is 14.2 Å². The number of hydrogen-bond donors (Lipinski definition) is 2. The number of carbonyl (C=O) groups is 1. The quantitative estimate of drug-likeness (QED) is 0.555. The van der Waals surface area contributed by atoms with Crippen LogP contribution in [0.2, 0.25) is 0 Å². The molecule has 0 aliphatic carbocycles. The van der Waals surface area contributed by atoms with E-state index in [0.29, 0.717) is 28.1 Å². The van der Waals surface area contributed by atoms with Gasteiger partial charge in [-0.2, -0.15) is 13.2 Å². The highest BCUT2D eigenvalue weighted by Crippen LogP contribution is 2.43. The molecule has 1 amide bonds. The lowest BCUT2D eigenvalue weighted by Crippen LogP contribution is -2.47. The molecule has 0 atom stereocenters. The van der Waals surface area contributed by atoms with Gasteiger partial charge >= 0.3 is 6.18 Å². The van der Waals surface area contributed by atoms with E-state index in [0.717, 1.165) is 12.1 Å². The summed E-state index contributed by atoms with van der Waals surface area (Å²) in [6.07, 6.45) is -2.90. The largest absolute Gasteiger partial charge is 0.481 e. The van der Waals surface area contributed by atoms with Crippen LogP contribution in [-0.2, 0) is 36.9 Å². The van der Waals surface area contributed by atoms with Crippen molar-refractivity contribution in [3.05, 3.63) is 59.2 Å². The molecule has 0 unspecified atom stereocenters. The fourth-order valence-electron chi connectivity index (χ4n) is 4.47. The third-order valence-corrected chi connectivity index (χ3v) is 7.21. The second-order valence-corrected chi connectivity index (χ2v) is 10.5. The maximum atomic E-state index is 13.4. The van der Waals surface area contributed by atoms with Gasteiger partial charge in [0.05, 0.1) is 30.2 Å². The summed E-state index contributed by atoms with van der Waals surface area (Å²) in [6.45, 7) is 0.0314. The Kier molecular flexibility index (Phi) is 7.04. The fourth-order valence-corrected chi connectivity index (χ4v) is 5.57. The molecule has 0 bridgehead atoms. The van der Waals surface area contributed by atoms with Gasteiger partial charge < -0.3 is 19.5 Å². The number of alkyl halides is 3. The van der Waals surface area contributed by atoms with E-state index in [-0.39, 0.29) is 37.6 Å². The molecule has 0 radical (unpaired) electrons. The van der Waals surface area contributed by atoms with E-state index in [1.54, 1.807) is 18.2 Å². The number of anilines is 2. The van der Waals surface area contributed by atoms with Crippen LogP contribution < -0.4 is 14.8 Å². The molecule has 0 spiro atoms. The Morgan fingerprint density at radius 1 is 1.19 bits per heavy atom. The first-order valence-electron chi connectivity index (χ1n) is 11.0. The molecule has 12 heteroatoms. The van der Waals surface area contributed by atoms with E-state index < -0.39 is 33.3 Å². The molecule has 0 saturated carbocycles. The van der Waals surface area contributed by atoms with Crippen LogP contribution in [0.25, 0.3) is 5.57 Å². The van der Waals surface area contributed by atoms with Gasteiger partial charge in [0.25, 0.3) is 0 Å². The van der Waals surface area contributed by atoms with Crippen LogP contribution in [0.5, 0.6) is 5.75 Å². The zero-order chi connectivity index (χ0) is 26.1. The predicted octanol–water partition coefficient (Wildman–Crippen LogP) is 3.84. The number of nitrogens with one attached hydrogen (secondary N) is 2. The Balaban J connectivity index is 1.70. The molecule has 2 aliphatic rings. The summed E-state index contributed by atoms with van der Waals surface area (Å²) in [7, 11) is -0.556. The summed E-state index contributed by atoms with van der Waals surface area (Å²) in [5, 5.41) is 2.77. The maximum absolute atomic E-state index is 13.4. The molecule has 8 nitrogen and oxygen atoms in total. The van der Waals surface area contributed by atoms with Crippen LogP contribution in [0.4, 0.5) is 24.5 Å². The highest BCUT2D eigenvalue weighted by atomic mass is 32.2. The van der Waals surface area contributed by atoms with Crippen molar-refractivity contribution < 1.29 is 40.6 Å². The molecular formula is C24H25F3N2O6S. The van der Waals surface area contributed by atoms with Crippen molar-refractivity contribution in [2.24, 2.45) is 0 Å². The van der Waals surface area contributed by atoms with E-state index in [2.05, 4.69) is 10.0 Å². The van der Waals surface area contributed by atoms with Gasteiger partial charge in [-0.05, 0) is 36.3 Å². The van der Waals surface area contributed by atoms with E-state index in [9.17, 15) is 26.4 Å². The van der Waals surface area contributed by atoms with Crippen molar-refractivity contribution in [3.63, 3.8) is 0 Å². The molecule has 36 heavy (non-hydrogen) atoms. The van der Waals surface area contributed by atoms with Crippen molar-refractivity contribution >= 4 is 32.9 Å². The van der Waals surface area contributed by atoms with Crippen LogP contribution >= 0.6 is 0 Å². The Hall–Kier alpha value is -3.09. The molecule has 2 N–H and O–H groups in total.